The van der Waals surface area contributed by atoms with Gasteiger partial charge in [0.15, 0.2) is 0 Å². The average molecular weight is 160 g/mol. The third kappa shape index (κ3) is 4.32. The molecule has 5 heteroatoms. The molecule has 4 N–H and O–H groups in total. The van der Waals surface area contributed by atoms with Gasteiger partial charge in [-0.2, -0.15) is 0 Å². The van der Waals surface area contributed by atoms with E-state index in [1.165, 1.54) is 0 Å². The van der Waals surface area contributed by atoms with Crippen molar-refractivity contribution in [2.24, 2.45) is 11.8 Å². The van der Waals surface area contributed by atoms with Gasteiger partial charge in [0.1, 0.15) is 0 Å². The van der Waals surface area contributed by atoms with Crippen LogP contribution >= 0.6 is 0 Å². The van der Waals surface area contributed by atoms with Crippen LogP contribution in [-0.4, -0.2) is 17.0 Å². The summed E-state index contributed by atoms with van der Waals surface area (Å²) in [4.78, 5) is 20.7. The number of nitrogens with one attached hydrogen (secondary N) is 1. The van der Waals surface area contributed by atoms with Gasteiger partial charge in [0, 0.05) is 12.3 Å². The molecule has 0 saturated carbocycles. The summed E-state index contributed by atoms with van der Waals surface area (Å²) in [5.74, 6) is 3.27. The number of carboxylic acid groups (broad SMARTS) is 1. The lowest BCUT2D eigenvalue weighted by molar-refractivity contribution is -0.137. The van der Waals surface area contributed by atoms with E-state index in [1.807, 2.05) is 5.43 Å². The fourth-order valence-electron chi connectivity index (χ4n) is 0.613. The Hall–Kier alpha value is -1.10. The molecule has 0 radical (unpaired) electrons. The molecule has 11 heavy (non-hydrogen) atoms. The van der Waals surface area contributed by atoms with Crippen molar-refractivity contribution in [2.45, 2.75) is 19.8 Å². The molecule has 5 nitrogen and oxygen atoms in total. The van der Waals surface area contributed by atoms with Gasteiger partial charge in [-0.15, -0.1) is 0 Å². The van der Waals surface area contributed by atoms with E-state index in [0.717, 1.165) is 0 Å². The Bertz CT molecular complexity index is 158. The molecule has 0 aromatic heterocycles. The molecule has 0 aliphatic heterocycles. The van der Waals surface area contributed by atoms with Crippen LogP contribution in [0.1, 0.15) is 19.8 Å². The maximum absolute atomic E-state index is 10.7. The molecule has 1 unspecified atom stereocenters. The second-order valence-corrected chi connectivity index (χ2v) is 2.34. The summed E-state index contributed by atoms with van der Waals surface area (Å²) in [6, 6.07) is 0. The Morgan fingerprint density at radius 1 is 1.64 bits per heavy atom. The highest BCUT2D eigenvalue weighted by Gasteiger charge is 2.12. The molecule has 0 saturated heterocycles. The maximum Gasteiger partial charge on any atom is 0.303 e. The Morgan fingerprint density at radius 3 is 2.55 bits per heavy atom. The predicted molar refractivity (Wildman–Crippen MR) is 38.4 cm³/mol. The molecule has 0 heterocycles. The van der Waals surface area contributed by atoms with E-state index in [-0.39, 0.29) is 18.2 Å². The average Bonchev–Trinajstić information content (AvgIpc) is 1.98. The van der Waals surface area contributed by atoms with Crippen LogP contribution in [0.25, 0.3) is 0 Å². The number of hydrogen-bond donors (Lipinski definition) is 3. The van der Waals surface area contributed by atoms with Gasteiger partial charge in [0.25, 0.3) is 0 Å². The van der Waals surface area contributed by atoms with Crippen molar-refractivity contribution in [1.29, 1.82) is 0 Å². The highest BCUT2D eigenvalue weighted by Crippen LogP contribution is 2.04. The first-order chi connectivity index (χ1) is 5.07. The molecule has 0 aliphatic rings. The summed E-state index contributed by atoms with van der Waals surface area (Å²) in [6.45, 7) is 1.63. The lowest BCUT2D eigenvalue weighted by atomic mass is 10.1. The van der Waals surface area contributed by atoms with E-state index >= 15 is 0 Å². The van der Waals surface area contributed by atoms with Crippen LogP contribution in [0.15, 0.2) is 0 Å². The molecule has 0 fully saturated rings. The minimum Gasteiger partial charge on any atom is -0.481 e. The highest BCUT2D eigenvalue weighted by atomic mass is 16.4. The summed E-state index contributed by atoms with van der Waals surface area (Å²) in [6.07, 6.45) is 0.312. The smallest absolute Gasteiger partial charge is 0.303 e. The molecule has 0 spiro atoms. The number of rotatable bonds is 4. The van der Waals surface area contributed by atoms with Gasteiger partial charge in [-0.3, -0.25) is 15.0 Å². The number of hydrogen-bond acceptors (Lipinski definition) is 3. The summed E-state index contributed by atoms with van der Waals surface area (Å²) in [5.41, 5.74) is 1.96. The quantitative estimate of drug-likeness (QED) is 0.293. The van der Waals surface area contributed by atoms with Crippen LogP contribution in [0, 0.1) is 5.92 Å². The van der Waals surface area contributed by atoms with Gasteiger partial charge in [0.05, 0.1) is 0 Å². The van der Waals surface area contributed by atoms with E-state index < -0.39 is 5.97 Å². The van der Waals surface area contributed by atoms with Crippen molar-refractivity contribution in [1.82, 2.24) is 5.43 Å². The summed E-state index contributed by atoms with van der Waals surface area (Å²) >= 11 is 0. The largest absolute Gasteiger partial charge is 0.481 e. The van der Waals surface area contributed by atoms with Gasteiger partial charge in [-0.25, -0.2) is 5.84 Å². The Kier molecular flexibility index (Phi) is 4.21. The van der Waals surface area contributed by atoms with Crippen LogP contribution in [0.3, 0.4) is 0 Å². The van der Waals surface area contributed by atoms with Crippen molar-refractivity contribution in [3.8, 4) is 0 Å². The van der Waals surface area contributed by atoms with Gasteiger partial charge in [-0.1, -0.05) is 6.92 Å². The van der Waals surface area contributed by atoms with Crippen LogP contribution < -0.4 is 11.3 Å². The van der Waals surface area contributed by atoms with Gasteiger partial charge >= 0.3 is 5.97 Å². The fraction of sp³-hybridized carbons (Fsp3) is 0.667. The normalized spacial score (nSPS) is 12.2. The van der Waals surface area contributed by atoms with Crippen molar-refractivity contribution in [2.75, 3.05) is 0 Å². The monoisotopic (exact) mass is 160 g/mol. The lowest BCUT2D eigenvalue weighted by Gasteiger charge is -2.06. The second-order valence-electron chi connectivity index (χ2n) is 2.34. The summed E-state index contributed by atoms with van der Waals surface area (Å²) in [7, 11) is 0. The zero-order chi connectivity index (χ0) is 8.85. The maximum atomic E-state index is 10.7. The molecule has 64 valence electrons. The molecule has 0 rings (SSSR count). The van der Waals surface area contributed by atoms with Crippen LogP contribution in [0.4, 0.5) is 0 Å². The third-order valence-electron chi connectivity index (χ3n) is 1.38. The molecular formula is C6H12N2O3. The number of carbonyl (C=O) groups excluding carboxylic acids is 1. The molecule has 1 amide bonds. The standard InChI is InChI=1S/C6H12N2O3/c1-4(6(11)8-7)2-3-5(9)10/h4H,2-3,7H2,1H3,(H,8,11)(H,9,10). The van der Waals surface area contributed by atoms with E-state index in [4.69, 9.17) is 10.9 Å². The number of amides is 1. The minimum atomic E-state index is -0.901. The predicted octanol–water partition coefficient (Wildman–Crippen LogP) is -0.523. The molecule has 1 atom stereocenters. The number of nitrogens with two attached hydrogens (primary N) is 1. The molecular weight excluding hydrogens is 148 g/mol. The first kappa shape index (κ1) is 9.90. The number of carbonyl (C=O) groups is 2. The van der Waals surface area contributed by atoms with Crippen LogP contribution in [0.5, 0.6) is 0 Å². The molecule has 0 aromatic rings. The van der Waals surface area contributed by atoms with Gasteiger partial charge in [-0.05, 0) is 6.42 Å². The second kappa shape index (κ2) is 4.68. The van der Waals surface area contributed by atoms with Gasteiger partial charge < -0.3 is 5.11 Å². The first-order valence-corrected chi connectivity index (χ1v) is 3.30. The number of aliphatic carboxylic acids is 1. The van der Waals surface area contributed by atoms with Gasteiger partial charge in [0.2, 0.25) is 5.91 Å². The third-order valence-corrected chi connectivity index (χ3v) is 1.38. The summed E-state index contributed by atoms with van der Waals surface area (Å²) < 4.78 is 0. The molecule has 0 bridgehead atoms. The zero-order valence-electron chi connectivity index (χ0n) is 6.33. The molecule has 0 aromatic carbocycles. The van der Waals surface area contributed by atoms with Crippen LogP contribution in [-0.2, 0) is 9.59 Å². The number of carboxylic acids is 1. The topological polar surface area (TPSA) is 92.4 Å². The van der Waals surface area contributed by atoms with E-state index in [0.29, 0.717) is 6.42 Å². The zero-order valence-corrected chi connectivity index (χ0v) is 6.33. The Labute approximate surface area is 64.5 Å². The van der Waals surface area contributed by atoms with Crippen molar-refractivity contribution < 1.29 is 14.7 Å². The van der Waals surface area contributed by atoms with E-state index in [2.05, 4.69) is 0 Å². The summed E-state index contributed by atoms with van der Waals surface area (Å²) in [5, 5.41) is 8.25. The van der Waals surface area contributed by atoms with Crippen LogP contribution in [0.2, 0.25) is 0 Å². The Morgan fingerprint density at radius 2 is 2.18 bits per heavy atom. The van der Waals surface area contributed by atoms with Crippen molar-refractivity contribution >= 4 is 11.9 Å². The number of hydrazine groups is 1. The Balaban J connectivity index is 3.60. The minimum absolute atomic E-state index is 0.00537. The van der Waals surface area contributed by atoms with Crippen molar-refractivity contribution in [3.63, 3.8) is 0 Å². The lowest BCUT2D eigenvalue weighted by Crippen LogP contribution is -2.34. The fourth-order valence-corrected chi connectivity index (χ4v) is 0.613. The van der Waals surface area contributed by atoms with E-state index in [9.17, 15) is 9.59 Å². The first-order valence-electron chi connectivity index (χ1n) is 3.30. The van der Waals surface area contributed by atoms with Crippen molar-refractivity contribution in [3.05, 3.63) is 0 Å². The SMILES string of the molecule is CC(CCC(=O)O)C(=O)NN. The molecule has 0 aliphatic carbocycles. The van der Waals surface area contributed by atoms with E-state index in [1.54, 1.807) is 6.92 Å². The highest BCUT2D eigenvalue weighted by molar-refractivity contribution is 5.78.